The summed E-state index contributed by atoms with van der Waals surface area (Å²) in [5.74, 6) is 0.811. The molecule has 1 fully saturated rings. The van der Waals surface area contributed by atoms with Gasteiger partial charge in [0.1, 0.15) is 0 Å². The smallest absolute Gasteiger partial charge is 0.281 e. The molecule has 0 aliphatic carbocycles. The molecule has 1 rings (SSSR count). The van der Waals surface area contributed by atoms with Crippen molar-refractivity contribution < 1.29 is 4.79 Å². The molecule has 4 heteroatoms. The molecule has 8 heavy (non-hydrogen) atoms. The molecule has 0 aromatic rings. The molecule has 0 saturated carbocycles. The van der Waals surface area contributed by atoms with Crippen molar-refractivity contribution in [3.05, 3.63) is 0 Å². The second-order valence-electron chi connectivity index (χ2n) is 1.75. The molecule has 1 heterocycles. The van der Waals surface area contributed by atoms with E-state index in [1.165, 1.54) is 11.8 Å². The Labute approximate surface area is 52.4 Å². The fourth-order valence-corrected chi connectivity index (χ4v) is 1.06. The predicted octanol–water partition coefficient (Wildman–Crippen LogP) is 0.290. The fourth-order valence-electron chi connectivity index (χ4n) is 0.465. The summed E-state index contributed by atoms with van der Waals surface area (Å²) in [6, 6.07) is 0. The molecule has 1 aliphatic heterocycles. The number of nitrogens with one attached hydrogen (secondary N) is 1. The fraction of sp³-hybridized carbons (Fsp3) is 0.750. The Morgan fingerprint density at radius 1 is 1.88 bits per heavy atom. The molecule has 0 bridgehead atoms. The minimum atomic E-state index is 0.0862. The van der Waals surface area contributed by atoms with Crippen LogP contribution < -0.4 is 5.32 Å². The van der Waals surface area contributed by atoms with Gasteiger partial charge in [-0.25, -0.2) is 0 Å². The summed E-state index contributed by atoms with van der Waals surface area (Å²) in [6.07, 6.45) is 0. The van der Waals surface area contributed by atoms with Gasteiger partial charge in [-0.05, 0) is 18.8 Å². The third-order valence-electron chi connectivity index (χ3n) is 0.909. The highest BCUT2D eigenvalue weighted by Gasteiger charge is 2.10. The highest BCUT2D eigenvalue weighted by atomic mass is 32.2. The van der Waals surface area contributed by atoms with Crippen LogP contribution in [0.25, 0.3) is 0 Å². The van der Waals surface area contributed by atoms with Crippen LogP contribution in [0.15, 0.2) is 0 Å². The lowest BCUT2D eigenvalue weighted by Gasteiger charge is -2.20. The Morgan fingerprint density at radius 3 is 3.00 bits per heavy atom. The van der Waals surface area contributed by atoms with Crippen LogP contribution in [0.5, 0.6) is 0 Å². The van der Waals surface area contributed by atoms with Gasteiger partial charge in [0, 0.05) is 0 Å². The van der Waals surface area contributed by atoms with Crippen LogP contribution in [0.2, 0.25) is 0 Å². The minimum absolute atomic E-state index is 0.0862. The van der Waals surface area contributed by atoms with E-state index < -0.39 is 0 Å². The molecule has 1 saturated heterocycles. The van der Waals surface area contributed by atoms with E-state index in [0.717, 1.165) is 5.88 Å². The standard InChI is InChI=1S/C4H8N2OS/c1-6-2-5-4(7)8-3-6/h2-3H2,1H3,(H,5,7). The molecule has 3 nitrogen and oxygen atoms in total. The summed E-state index contributed by atoms with van der Waals surface area (Å²) in [5, 5.41) is 2.77. The van der Waals surface area contributed by atoms with E-state index in [1.807, 2.05) is 11.9 Å². The maximum Gasteiger partial charge on any atom is 0.281 e. The Bertz CT molecular complexity index is 96.2. The van der Waals surface area contributed by atoms with E-state index in [1.54, 1.807) is 0 Å². The first-order chi connectivity index (χ1) is 3.79. The molecule has 1 amide bonds. The average molecular weight is 132 g/mol. The molecule has 1 N–H and O–H groups in total. The molecular formula is C4H8N2OS. The average Bonchev–Trinajstić information content (AvgIpc) is 1.77. The lowest BCUT2D eigenvalue weighted by atomic mass is 10.8. The molecule has 0 atom stereocenters. The van der Waals surface area contributed by atoms with Gasteiger partial charge in [-0.15, -0.1) is 0 Å². The summed E-state index contributed by atoms with van der Waals surface area (Å²) in [6.45, 7) is 0.686. The number of thioether (sulfide) groups is 1. The molecular weight excluding hydrogens is 124 g/mol. The van der Waals surface area contributed by atoms with E-state index in [0.29, 0.717) is 6.67 Å². The van der Waals surface area contributed by atoms with Crippen LogP contribution in [0.1, 0.15) is 0 Å². The monoisotopic (exact) mass is 132 g/mol. The van der Waals surface area contributed by atoms with E-state index >= 15 is 0 Å². The summed E-state index contributed by atoms with van der Waals surface area (Å²) in [5.41, 5.74) is 0. The van der Waals surface area contributed by atoms with Crippen LogP contribution in [-0.4, -0.2) is 29.7 Å². The van der Waals surface area contributed by atoms with Crippen LogP contribution in [-0.2, 0) is 0 Å². The first-order valence-corrected chi connectivity index (χ1v) is 3.37. The van der Waals surface area contributed by atoms with Crippen LogP contribution in [0.3, 0.4) is 0 Å². The second kappa shape index (κ2) is 2.37. The van der Waals surface area contributed by atoms with Gasteiger partial charge in [-0.3, -0.25) is 9.69 Å². The quantitative estimate of drug-likeness (QED) is 0.514. The Balaban J connectivity index is 2.29. The van der Waals surface area contributed by atoms with Gasteiger partial charge in [0.05, 0.1) is 12.5 Å². The predicted molar refractivity (Wildman–Crippen MR) is 33.6 cm³/mol. The van der Waals surface area contributed by atoms with Gasteiger partial charge in [-0.2, -0.15) is 0 Å². The zero-order chi connectivity index (χ0) is 5.98. The molecule has 46 valence electrons. The number of hydrogen-bond acceptors (Lipinski definition) is 3. The Kier molecular flexibility index (Phi) is 1.75. The topological polar surface area (TPSA) is 32.3 Å². The van der Waals surface area contributed by atoms with Crippen molar-refractivity contribution in [2.45, 2.75) is 0 Å². The lowest BCUT2D eigenvalue weighted by Crippen LogP contribution is -2.38. The van der Waals surface area contributed by atoms with Crippen LogP contribution in [0, 0.1) is 0 Å². The molecule has 1 aliphatic rings. The van der Waals surface area contributed by atoms with Crippen molar-refractivity contribution in [3.63, 3.8) is 0 Å². The van der Waals surface area contributed by atoms with Crippen molar-refractivity contribution in [2.24, 2.45) is 0 Å². The molecule has 0 radical (unpaired) electrons. The SMILES string of the molecule is CN1CNC(=O)SC1. The zero-order valence-corrected chi connectivity index (χ0v) is 5.49. The maximum atomic E-state index is 10.4. The summed E-state index contributed by atoms with van der Waals surface area (Å²) in [7, 11) is 1.96. The maximum absolute atomic E-state index is 10.4. The van der Waals surface area contributed by atoms with Crippen molar-refractivity contribution in [1.82, 2.24) is 10.2 Å². The van der Waals surface area contributed by atoms with Gasteiger partial charge in [0.25, 0.3) is 5.24 Å². The van der Waals surface area contributed by atoms with Crippen molar-refractivity contribution in [1.29, 1.82) is 0 Å². The van der Waals surface area contributed by atoms with Gasteiger partial charge >= 0.3 is 0 Å². The first kappa shape index (κ1) is 5.91. The Morgan fingerprint density at radius 2 is 2.62 bits per heavy atom. The van der Waals surface area contributed by atoms with Gasteiger partial charge in [0.15, 0.2) is 0 Å². The number of amides is 1. The van der Waals surface area contributed by atoms with Crippen LogP contribution in [0.4, 0.5) is 4.79 Å². The lowest BCUT2D eigenvalue weighted by molar-refractivity contribution is 0.249. The first-order valence-electron chi connectivity index (χ1n) is 2.38. The van der Waals surface area contributed by atoms with E-state index in [2.05, 4.69) is 5.32 Å². The van der Waals surface area contributed by atoms with Gasteiger partial charge in [0.2, 0.25) is 0 Å². The third kappa shape index (κ3) is 1.38. The van der Waals surface area contributed by atoms with Crippen molar-refractivity contribution >= 4 is 17.0 Å². The second-order valence-corrected chi connectivity index (χ2v) is 2.67. The molecule has 0 aromatic heterocycles. The van der Waals surface area contributed by atoms with Crippen LogP contribution >= 0.6 is 11.8 Å². The largest absolute Gasteiger partial charge is 0.334 e. The van der Waals surface area contributed by atoms with E-state index in [-0.39, 0.29) is 5.24 Å². The van der Waals surface area contributed by atoms with Gasteiger partial charge in [-0.1, -0.05) is 0 Å². The summed E-state index contributed by atoms with van der Waals surface area (Å²) >= 11 is 1.30. The Hall–Kier alpha value is -0.220. The number of carbonyl (C=O) groups excluding carboxylic acids is 1. The third-order valence-corrected chi connectivity index (χ3v) is 1.89. The van der Waals surface area contributed by atoms with Crippen molar-refractivity contribution in [2.75, 3.05) is 19.6 Å². The van der Waals surface area contributed by atoms with Crippen molar-refractivity contribution in [3.8, 4) is 0 Å². The normalized spacial score (nSPS) is 22.9. The number of hydrogen-bond donors (Lipinski definition) is 1. The van der Waals surface area contributed by atoms with E-state index in [9.17, 15) is 4.79 Å². The highest BCUT2D eigenvalue weighted by molar-refractivity contribution is 8.13. The number of nitrogens with zero attached hydrogens (tertiary/aromatic N) is 1. The molecule has 0 unspecified atom stereocenters. The molecule has 0 aromatic carbocycles. The minimum Gasteiger partial charge on any atom is -0.334 e. The highest BCUT2D eigenvalue weighted by Crippen LogP contribution is 2.06. The summed E-state index contributed by atoms with van der Waals surface area (Å²) < 4.78 is 0. The summed E-state index contributed by atoms with van der Waals surface area (Å²) in [4.78, 5) is 12.5. The zero-order valence-electron chi connectivity index (χ0n) is 4.68. The number of carbonyl (C=O) groups is 1. The van der Waals surface area contributed by atoms with E-state index in [4.69, 9.17) is 0 Å². The molecule has 0 spiro atoms. The van der Waals surface area contributed by atoms with Gasteiger partial charge < -0.3 is 5.32 Å². The number of rotatable bonds is 0.